The Morgan fingerprint density at radius 1 is 1.00 bits per heavy atom. The number of nitrogens with zero attached hydrogens (tertiary/aromatic N) is 1. The van der Waals surface area contributed by atoms with Crippen LogP contribution in [0.15, 0.2) is 60.7 Å². The van der Waals surface area contributed by atoms with Gasteiger partial charge in [-0.25, -0.2) is 4.79 Å². The van der Waals surface area contributed by atoms with E-state index in [0.717, 1.165) is 32.5 Å². The summed E-state index contributed by atoms with van der Waals surface area (Å²) >= 11 is 0. The highest BCUT2D eigenvalue weighted by molar-refractivity contribution is 5.68. The van der Waals surface area contributed by atoms with E-state index in [9.17, 15) is 4.79 Å². The number of rotatable bonds is 5. The van der Waals surface area contributed by atoms with Gasteiger partial charge < -0.3 is 10.1 Å². The molecule has 28 heavy (non-hydrogen) atoms. The topological polar surface area (TPSA) is 41.6 Å². The molecule has 4 nitrogen and oxygen atoms in total. The van der Waals surface area contributed by atoms with Gasteiger partial charge in [0.15, 0.2) is 0 Å². The highest BCUT2D eigenvalue weighted by Gasteiger charge is 2.37. The summed E-state index contributed by atoms with van der Waals surface area (Å²) in [5.74, 6) is 0. The quantitative estimate of drug-likeness (QED) is 0.814. The summed E-state index contributed by atoms with van der Waals surface area (Å²) in [5, 5.41) is 2.90. The van der Waals surface area contributed by atoms with Crippen molar-refractivity contribution in [2.24, 2.45) is 0 Å². The number of nitrogens with one attached hydrogen (secondary N) is 1. The number of hydrogen-bond acceptors (Lipinski definition) is 3. The molecule has 1 heterocycles. The summed E-state index contributed by atoms with van der Waals surface area (Å²) < 4.78 is 5.70. The second kappa shape index (κ2) is 8.78. The number of amides is 1. The van der Waals surface area contributed by atoms with E-state index in [2.05, 4.69) is 64.8 Å². The number of hydrogen-bond donors (Lipinski definition) is 1. The third kappa shape index (κ3) is 5.59. The van der Waals surface area contributed by atoms with Gasteiger partial charge in [-0.05, 0) is 57.8 Å². The minimum atomic E-state index is -0.338. The Labute approximate surface area is 168 Å². The zero-order chi connectivity index (χ0) is 20.0. The molecule has 2 aromatic rings. The Balaban J connectivity index is 1.66. The van der Waals surface area contributed by atoms with Crippen LogP contribution in [0.25, 0.3) is 0 Å². The molecule has 1 aliphatic rings. The minimum absolute atomic E-state index is 0.121. The van der Waals surface area contributed by atoms with Crippen molar-refractivity contribution in [2.75, 3.05) is 19.7 Å². The number of ether oxygens (including phenoxy) is 1. The van der Waals surface area contributed by atoms with Crippen LogP contribution >= 0.6 is 0 Å². The average molecular weight is 381 g/mol. The molecule has 1 N–H and O–H groups in total. The van der Waals surface area contributed by atoms with Crippen molar-refractivity contribution in [3.05, 3.63) is 71.8 Å². The smallest absolute Gasteiger partial charge is 0.407 e. The van der Waals surface area contributed by atoms with Crippen LogP contribution in [0.3, 0.4) is 0 Å². The molecule has 150 valence electrons. The maximum Gasteiger partial charge on any atom is 0.407 e. The van der Waals surface area contributed by atoms with Crippen molar-refractivity contribution in [2.45, 2.75) is 51.1 Å². The van der Waals surface area contributed by atoms with Crippen molar-refractivity contribution < 1.29 is 9.53 Å². The van der Waals surface area contributed by atoms with Crippen LogP contribution in [0, 0.1) is 0 Å². The minimum Gasteiger partial charge on any atom is -0.449 e. The maximum absolute atomic E-state index is 12.2. The van der Waals surface area contributed by atoms with Gasteiger partial charge in [0.05, 0.1) is 0 Å². The van der Waals surface area contributed by atoms with Crippen LogP contribution in [-0.2, 0) is 16.7 Å². The lowest BCUT2D eigenvalue weighted by atomic mass is 9.73. The summed E-state index contributed by atoms with van der Waals surface area (Å²) in [5.41, 5.74) is 2.19. The van der Waals surface area contributed by atoms with Gasteiger partial charge in [-0.2, -0.15) is 0 Å². The molecule has 0 atom stereocenters. The SMILES string of the molecule is CC(C)(C)NC(=O)OCC1(c2ccccc2)CCN(Cc2ccccc2)CC1. The summed E-state index contributed by atoms with van der Waals surface area (Å²) in [7, 11) is 0. The first-order valence-corrected chi connectivity index (χ1v) is 10.1. The molecule has 3 rings (SSSR count). The predicted molar refractivity (Wildman–Crippen MR) is 113 cm³/mol. The Kier molecular flexibility index (Phi) is 6.40. The fourth-order valence-corrected chi connectivity index (χ4v) is 3.83. The second-order valence-corrected chi connectivity index (χ2v) is 8.86. The van der Waals surface area contributed by atoms with E-state index in [0.29, 0.717) is 6.61 Å². The molecule has 0 unspecified atom stereocenters. The largest absolute Gasteiger partial charge is 0.449 e. The molecular weight excluding hydrogens is 348 g/mol. The molecule has 1 fully saturated rings. The van der Waals surface area contributed by atoms with Crippen molar-refractivity contribution in [3.8, 4) is 0 Å². The van der Waals surface area contributed by atoms with Gasteiger partial charge in [0.1, 0.15) is 6.61 Å². The molecule has 0 bridgehead atoms. The highest BCUT2D eigenvalue weighted by atomic mass is 16.5. The van der Waals surface area contributed by atoms with Crippen LogP contribution < -0.4 is 5.32 Å². The molecule has 1 saturated heterocycles. The van der Waals surface area contributed by atoms with Gasteiger partial charge in [-0.15, -0.1) is 0 Å². The average Bonchev–Trinajstić information content (AvgIpc) is 2.68. The maximum atomic E-state index is 12.2. The molecule has 0 aliphatic carbocycles. The Bertz CT molecular complexity index is 745. The first-order chi connectivity index (χ1) is 13.4. The molecule has 0 saturated carbocycles. The lowest BCUT2D eigenvalue weighted by molar-refractivity contribution is 0.0696. The van der Waals surface area contributed by atoms with Gasteiger partial charge in [-0.3, -0.25) is 4.90 Å². The molecule has 1 aliphatic heterocycles. The normalized spacial score (nSPS) is 17.1. The number of alkyl carbamates (subject to hydrolysis) is 1. The van der Waals surface area contributed by atoms with E-state index < -0.39 is 0 Å². The van der Waals surface area contributed by atoms with Crippen molar-refractivity contribution in [1.82, 2.24) is 10.2 Å². The third-order valence-electron chi connectivity index (χ3n) is 5.40. The molecule has 4 heteroatoms. The van der Waals surface area contributed by atoms with E-state index in [1.54, 1.807) is 0 Å². The van der Waals surface area contributed by atoms with Crippen LogP contribution in [0.5, 0.6) is 0 Å². The predicted octanol–water partition coefficient (Wildman–Crippen LogP) is 4.75. The van der Waals surface area contributed by atoms with E-state index in [4.69, 9.17) is 4.74 Å². The zero-order valence-corrected chi connectivity index (χ0v) is 17.3. The van der Waals surface area contributed by atoms with Gasteiger partial charge >= 0.3 is 6.09 Å². The molecule has 0 radical (unpaired) electrons. The van der Waals surface area contributed by atoms with Crippen LogP contribution in [-0.4, -0.2) is 36.2 Å². The van der Waals surface area contributed by atoms with Crippen molar-refractivity contribution in [1.29, 1.82) is 0 Å². The summed E-state index contributed by atoms with van der Waals surface area (Å²) in [4.78, 5) is 14.7. The van der Waals surface area contributed by atoms with Crippen LogP contribution in [0.4, 0.5) is 4.79 Å². The Morgan fingerprint density at radius 3 is 2.14 bits per heavy atom. The third-order valence-corrected chi connectivity index (χ3v) is 5.40. The van der Waals surface area contributed by atoms with Gasteiger partial charge in [0, 0.05) is 17.5 Å². The van der Waals surface area contributed by atoms with Crippen LogP contribution in [0.2, 0.25) is 0 Å². The summed E-state index contributed by atoms with van der Waals surface area (Å²) in [6.45, 7) is 9.26. The van der Waals surface area contributed by atoms with E-state index in [1.807, 2.05) is 26.8 Å². The van der Waals surface area contributed by atoms with Gasteiger partial charge in [0.2, 0.25) is 0 Å². The lowest BCUT2D eigenvalue weighted by Crippen LogP contribution is -2.47. The number of piperidine rings is 1. The summed E-state index contributed by atoms with van der Waals surface area (Å²) in [6, 6.07) is 21.1. The number of benzene rings is 2. The highest BCUT2D eigenvalue weighted by Crippen LogP contribution is 2.36. The molecule has 0 spiro atoms. The number of carbonyl (C=O) groups excluding carboxylic acids is 1. The lowest BCUT2D eigenvalue weighted by Gasteiger charge is -2.42. The Morgan fingerprint density at radius 2 is 1.57 bits per heavy atom. The molecule has 1 amide bonds. The number of carbonyl (C=O) groups is 1. The molecule has 2 aromatic carbocycles. The van der Waals surface area contributed by atoms with E-state index >= 15 is 0 Å². The van der Waals surface area contributed by atoms with Crippen LogP contribution in [0.1, 0.15) is 44.7 Å². The first-order valence-electron chi connectivity index (χ1n) is 10.1. The Hall–Kier alpha value is -2.33. The van der Waals surface area contributed by atoms with Crippen molar-refractivity contribution in [3.63, 3.8) is 0 Å². The fraction of sp³-hybridized carbons (Fsp3) is 0.458. The second-order valence-electron chi connectivity index (χ2n) is 8.86. The van der Waals surface area contributed by atoms with Gasteiger partial charge in [-0.1, -0.05) is 60.7 Å². The van der Waals surface area contributed by atoms with Gasteiger partial charge in [0.25, 0.3) is 0 Å². The standard InChI is InChI=1S/C24H32N2O2/c1-23(2,3)25-22(27)28-19-24(21-12-8-5-9-13-21)14-16-26(17-15-24)18-20-10-6-4-7-11-20/h4-13H,14-19H2,1-3H3,(H,25,27). The zero-order valence-electron chi connectivity index (χ0n) is 17.3. The monoisotopic (exact) mass is 380 g/mol. The van der Waals surface area contributed by atoms with E-state index in [1.165, 1.54) is 11.1 Å². The molecular formula is C24H32N2O2. The fourth-order valence-electron chi connectivity index (χ4n) is 3.83. The number of likely N-dealkylation sites (tertiary alicyclic amines) is 1. The van der Waals surface area contributed by atoms with Crippen molar-refractivity contribution >= 4 is 6.09 Å². The van der Waals surface area contributed by atoms with E-state index in [-0.39, 0.29) is 17.0 Å². The molecule has 0 aromatic heterocycles. The first kappa shape index (κ1) is 20.4. The summed E-state index contributed by atoms with van der Waals surface area (Å²) in [6.07, 6.45) is 1.62.